The maximum atomic E-state index is 13.4. The Hall–Kier alpha value is -3.49. The predicted octanol–water partition coefficient (Wildman–Crippen LogP) is 5.90. The number of rotatable bonds is 6. The van der Waals surface area contributed by atoms with E-state index in [1.807, 2.05) is 20.8 Å². The van der Waals surface area contributed by atoms with E-state index in [4.69, 9.17) is 19.9 Å². The van der Waals surface area contributed by atoms with Gasteiger partial charge in [-0.25, -0.2) is 14.6 Å². The molecular weight excluding hydrogens is 498 g/mol. The number of anilines is 1. The van der Waals surface area contributed by atoms with E-state index in [9.17, 15) is 14.7 Å². The van der Waals surface area contributed by atoms with E-state index in [0.717, 1.165) is 25.7 Å². The predicted molar refractivity (Wildman–Crippen MR) is 149 cm³/mol. The maximum absolute atomic E-state index is 13.4. The molecule has 212 valence electrons. The van der Waals surface area contributed by atoms with E-state index in [-0.39, 0.29) is 23.0 Å². The van der Waals surface area contributed by atoms with E-state index >= 15 is 0 Å². The lowest BCUT2D eigenvalue weighted by atomic mass is 9.86. The first-order valence-corrected chi connectivity index (χ1v) is 13.7. The van der Waals surface area contributed by atoms with E-state index in [1.54, 1.807) is 49.9 Å². The molecule has 4 rings (SSSR count). The minimum Gasteiger partial charge on any atom is -0.507 e. The molecule has 9 heteroatoms. The molecule has 39 heavy (non-hydrogen) atoms. The van der Waals surface area contributed by atoms with Crippen molar-refractivity contribution in [1.29, 1.82) is 0 Å². The third kappa shape index (κ3) is 7.34. The second-order valence-corrected chi connectivity index (χ2v) is 12.5. The van der Waals surface area contributed by atoms with Crippen molar-refractivity contribution >= 4 is 17.9 Å². The molecule has 3 N–H and O–H groups in total. The lowest BCUT2D eigenvalue weighted by molar-refractivity contribution is 0.00682. The van der Waals surface area contributed by atoms with E-state index < -0.39 is 23.3 Å². The molecule has 2 aliphatic rings. The molecule has 1 saturated carbocycles. The zero-order valence-electron chi connectivity index (χ0n) is 23.9. The summed E-state index contributed by atoms with van der Waals surface area (Å²) in [4.78, 5) is 32.5. The number of benzene rings is 1. The molecule has 0 spiro atoms. The van der Waals surface area contributed by atoms with Crippen molar-refractivity contribution in [2.24, 2.45) is 5.92 Å². The van der Waals surface area contributed by atoms with Gasteiger partial charge >= 0.3 is 12.1 Å². The fourth-order valence-electron chi connectivity index (χ4n) is 4.70. The van der Waals surface area contributed by atoms with Crippen LogP contribution in [0.25, 0.3) is 11.3 Å². The Morgan fingerprint density at radius 1 is 1.08 bits per heavy atom. The summed E-state index contributed by atoms with van der Waals surface area (Å²) in [5.41, 5.74) is 6.71. The Bertz CT molecular complexity index is 1230. The van der Waals surface area contributed by atoms with Crippen LogP contribution in [0.2, 0.25) is 0 Å². The third-order valence-corrected chi connectivity index (χ3v) is 6.63. The molecule has 1 aromatic carbocycles. The molecule has 2 aromatic rings. The number of nitrogen functional groups attached to an aromatic ring is 1. The summed E-state index contributed by atoms with van der Waals surface area (Å²) in [5.74, 6) is 0.228. The Morgan fingerprint density at radius 2 is 1.77 bits per heavy atom. The summed E-state index contributed by atoms with van der Waals surface area (Å²) in [6, 6.07) is 6.86. The van der Waals surface area contributed by atoms with Gasteiger partial charge < -0.3 is 30.0 Å². The second kappa shape index (κ2) is 10.9. The number of nitrogens with two attached hydrogens (primary N) is 1. The number of hydrogen-bond donors (Lipinski definition) is 2. The second-order valence-electron chi connectivity index (χ2n) is 12.5. The summed E-state index contributed by atoms with van der Waals surface area (Å²) in [5, 5.41) is 10.9. The molecule has 1 amide bonds. The molecule has 1 aromatic heterocycles. The third-order valence-electron chi connectivity index (χ3n) is 6.63. The SMILES string of the molecule is CC(C)(C)OC(=O)c1c(C2CCCN(C(=O)OC(C)(C)C)C2)cc(-c2c(O)cccc2OCC2CC2)nc1N. The number of hydrogen-bond acceptors (Lipinski definition) is 8. The summed E-state index contributed by atoms with van der Waals surface area (Å²) < 4.78 is 17.4. The summed E-state index contributed by atoms with van der Waals surface area (Å²) in [7, 11) is 0. The molecule has 1 atom stereocenters. The number of carbonyl (C=O) groups excluding carboxylic acids is 2. The normalized spacial score (nSPS) is 18.0. The lowest BCUT2D eigenvalue weighted by Crippen LogP contribution is -2.42. The number of aromatic nitrogens is 1. The first-order valence-electron chi connectivity index (χ1n) is 13.7. The fraction of sp³-hybridized carbons (Fsp3) is 0.567. The first-order chi connectivity index (χ1) is 18.2. The number of pyridine rings is 1. The minimum atomic E-state index is -0.740. The molecule has 1 aliphatic carbocycles. The number of carbonyl (C=O) groups is 2. The summed E-state index contributed by atoms with van der Waals surface area (Å²) >= 11 is 0. The van der Waals surface area contributed by atoms with Crippen molar-refractivity contribution in [2.45, 2.75) is 84.3 Å². The number of aromatic hydroxyl groups is 1. The van der Waals surface area contributed by atoms with Crippen molar-refractivity contribution in [2.75, 3.05) is 25.4 Å². The summed E-state index contributed by atoms with van der Waals surface area (Å²) in [6.45, 7) is 12.3. The number of phenols is 1. The quantitative estimate of drug-likeness (QED) is 0.435. The largest absolute Gasteiger partial charge is 0.507 e. The van der Waals surface area contributed by atoms with Crippen LogP contribution in [0.5, 0.6) is 11.5 Å². The van der Waals surface area contributed by atoms with E-state index in [1.165, 1.54) is 0 Å². The molecule has 2 fully saturated rings. The highest BCUT2D eigenvalue weighted by Crippen LogP contribution is 2.42. The van der Waals surface area contributed by atoms with Gasteiger partial charge in [-0.2, -0.15) is 0 Å². The maximum Gasteiger partial charge on any atom is 0.410 e. The highest BCUT2D eigenvalue weighted by atomic mass is 16.6. The molecule has 0 radical (unpaired) electrons. The van der Waals surface area contributed by atoms with Gasteiger partial charge in [-0.1, -0.05) is 6.07 Å². The minimum absolute atomic E-state index is 0.00235. The van der Waals surface area contributed by atoms with Gasteiger partial charge in [0, 0.05) is 19.0 Å². The topological polar surface area (TPSA) is 124 Å². The number of esters is 1. The number of amides is 1. The Balaban J connectivity index is 1.77. The monoisotopic (exact) mass is 539 g/mol. The zero-order valence-corrected chi connectivity index (χ0v) is 23.9. The van der Waals surface area contributed by atoms with Gasteiger partial charge in [0.05, 0.1) is 17.9 Å². The van der Waals surface area contributed by atoms with Crippen LogP contribution in [0.1, 0.15) is 89.1 Å². The average Bonchev–Trinajstić information content (AvgIpc) is 3.64. The van der Waals surface area contributed by atoms with Gasteiger partial charge in [0.1, 0.15) is 34.1 Å². The summed E-state index contributed by atoms with van der Waals surface area (Å²) in [6.07, 6.45) is 3.31. The molecule has 2 heterocycles. The number of nitrogens with zero attached hydrogens (tertiary/aromatic N) is 2. The highest BCUT2D eigenvalue weighted by Gasteiger charge is 2.34. The van der Waals surface area contributed by atoms with Crippen LogP contribution in [0.4, 0.5) is 10.6 Å². The van der Waals surface area contributed by atoms with E-state index in [2.05, 4.69) is 4.98 Å². The van der Waals surface area contributed by atoms with Gasteiger partial charge in [0.15, 0.2) is 0 Å². The lowest BCUT2D eigenvalue weighted by Gasteiger charge is -2.35. The van der Waals surface area contributed by atoms with Crippen LogP contribution in [0.3, 0.4) is 0 Å². The molecule has 9 nitrogen and oxygen atoms in total. The first kappa shape index (κ1) is 28.5. The Kier molecular flexibility index (Phi) is 8.00. The van der Waals surface area contributed by atoms with Gasteiger partial charge in [-0.15, -0.1) is 0 Å². The van der Waals surface area contributed by atoms with Crippen molar-refractivity contribution in [1.82, 2.24) is 9.88 Å². The molecular formula is C30H41N3O6. The van der Waals surface area contributed by atoms with Gasteiger partial charge in [0.25, 0.3) is 0 Å². The highest BCUT2D eigenvalue weighted by molar-refractivity contribution is 5.97. The van der Waals surface area contributed by atoms with Crippen molar-refractivity contribution in [3.8, 4) is 22.8 Å². The Labute approximate surface area is 230 Å². The van der Waals surface area contributed by atoms with Gasteiger partial charge in [-0.05, 0) is 96.9 Å². The van der Waals surface area contributed by atoms with Crippen LogP contribution in [0.15, 0.2) is 24.3 Å². The zero-order chi connectivity index (χ0) is 28.5. The van der Waals surface area contributed by atoms with Crippen molar-refractivity contribution in [3.63, 3.8) is 0 Å². The van der Waals surface area contributed by atoms with Crippen molar-refractivity contribution in [3.05, 3.63) is 35.4 Å². The molecule has 1 saturated heterocycles. The van der Waals surface area contributed by atoms with Crippen LogP contribution >= 0.6 is 0 Å². The van der Waals surface area contributed by atoms with E-state index in [0.29, 0.717) is 48.2 Å². The Morgan fingerprint density at radius 3 is 2.41 bits per heavy atom. The number of piperidine rings is 1. The standard InChI is InChI=1S/C30H41N3O6/c1-29(2,3)38-27(35)24-20(19-9-8-14-33(16-19)28(36)39-30(4,5)6)15-21(32-26(24)31)25-22(34)10-7-11-23(25)37-17-18-12-13-18/h7,10-11,15,18-19,34H,8-9,12-14,16-17H2,1-6H3,(H2,31,32). The van der Waals surface area contributed by atoms with Gasteiger partial charge in [0.2, 0.25) is 0 Å². The molecule has 0 bridgehead atoms. The van der Waals surface area contributed by atoms with Crippen molar-refractivity contribution < 1.29 is 28.9 Å². The number of likely N-dealkylation sites (tertiary alicyclic amines) is 1. The van der Waals surface area contributed by atoms with Crippen LogP contribution in [-0.2, 0) is 9.47 Å². The van der Waals surface area contributed by atoms with Crippen LogP contribution in [-0.4, -0.2) is 58.0 Å². The smallest absolute Gasteiger partial charge is 0.410 e. The van der Waals surface area contributed by atoms with Crippen LogP contribution < -0.4 is 10.5 Å². The fourth-order valence-corrected chi connectivity index (χ4v) is 4.70. The number of ether oxygens (including phenoxy) is 3. The number of phenolic OH excluding ortho intramolecular Hbond substituents is 1. The molecule has 1 aliphatic heterocycles. The average molecular weight is 540 g/mol. The van der Waals surface area contributed by atoms with Gasteiger partial charge in [-0.3, -0.25) is 0 Å². The molecule has 1 unspecified atom stereocenters. The van der Waals surface area contributed by atoms with Crippen LogP contribution in [0, 0.1) is 5.92 Å².